The van der Waals surface area contributed by atoms with E-state index in [0.717, 1.165) is 17.6 Å². The molecular formula is C12H13NO2. The Labute approximate surface area is 88.3 Å². The standard InChI is InChI=1S/C12H13NO2/c1-2-8-15-11-6-5-10(14)12-9(11)4-3-7-13-12/h3-7,14H,2,8H2,1H3. The summed E-state index contributed by atoms with van der Waals surface area (Å²) in [6.45, 7) is 2.73. The van der Waals surface area contributed by atoms with Crippen molar-refractivity contribution in [3.63, 3.8) is 0 Å². The van der Waals surface area contributed by atoms with Crippen molar-refractivity contribution in [1.82, 2.24) is 4.98 Å². The van der Waals surface area contributed by atoms with Crippen LogP contribution in [0, 0.1) is 0 Å². The zero-order valence-electron chi connectivity index (χ0n) is 8.60. The Morgan fingerprint density at radius 2 is 2.20 bits per heavy atom. The number of phenolic OH excluding ortho intramolecular Hbond substituents is 1. The predicted molar refractivity (Wildman–Crippen MR) is 59.2 cm³/mol. The molecule has 0 fully saturated rings. The normalized spacial score (nSPS) is 10.5. The number of fused-ring (bicyclic) bond motifs is 1. The van der Waals surface area contributed by atoms with Crippen LogP contribution in [-0.2, 0) is 0 Å². The zero-order valence-corrected chi connectivity index (χ0v) is 8.60. The topological polar surface area (TPSA) is 42.4 Å². The molecule has 1 aromatic heterocycles. The summed E-state index contributed by atoms with van der Waals surface area (Å²) in [6.07, 6.45) is 2.62. The van der Waals surface area contributed by atoms with E-state index in [0.29, 0.717) is 12.1 Å². The summed E-state index contributed by atoms with van der Waals surface area (Å²) < 4.78 is 5.57. The van der Waals surface area contributed by atoms with Crippen LogP contribution in [-0.4, -0.2) is 16.7 Å². The van der Waals surface area contributed by atoms with Crippen molar-refractivity contribution in [2.24, 2.45) is 0 Å². The Bertz CT molecular complexity index is 468. The molecule has 0 amide bonds. The van der Waals surface area contributed by atoms with Gasteiger partial charge in [0.2, 0.25) is 0 Å². The van der Waals surface area contributed by atoms with Gasteiger partial charge in [-0.15, -0.1) is 0 Å². The lowest BCUT2D eigenvalue weighted by atomic mass is 10.2. The van der Waals surface area contributed by atoms with Gasteiger partial charge in [0.25, 0.3) is 0 Å². The minimum absolute atomic E-state index is 0.189. The van der Waals surface area contributed by atoms with E-state index >= 15 is 0 Å². The van der Waals surface area contributed by atoms with E-state index in [4.69, 9.17) is 4.74 Å². The van der Waals surface area contributed by atoms with E-state index in [1.165, 1.54) is 0 Å². The fourth-order valence-electron chi connectivity index (χ4n) is 1.47. The highest BCUT2D eigenvalue weighted by molar-refractivity contribution is 5.89. The lowest BCUT2D eigenvalue weighted by Crippen LogP contribution is -1.95. The molecule has 0 saturated heterocycles. The number of hydrogen-bond acceptors (Lipinski definition) is 3. The fourth-order valence-corrected chi connectivity index (χ4v) is 1.47. The second kappa shape index (κ2) is 4.17. The van der Waals surface area contributed by atoms with E-state index in [9.17, 15) is 5.11 Å². The van der Waals surface area contributed by atoms with Gasteiger partial charge < -0.3 is 9.84 Å². The lowest BCUT2D eigenvalue weighted by molar-refractivity contribution is 0.320. The first kappa shape index (κ1) is 9.77. The smallest absolute Gasteiger partial charge is 0.142 e. The number of ether oxygens (including phenoxy) is 1. The molecule has 2 rings (SSSR count). The van der Waals surface area contributed by atoms with Gasteiger partial charge in [-0.25, -0.2) is 0 Å². The first-order valence-corrected chi connectivity index (χ1v) is 5.02. The van der Waals surface area contributed by atoms with Gasteiger partial charge in [0.15, 0.2) is 0 Å². The van der Waals surface area contributed by atoms with Crippen molar-refractivity contribution in [2.75, 3.05) is 6.61 Å². The Morgan fingerprint density at radius 1 is 1.33 bits per heavy atom. The maximum Gasteiger partial charge on any atom is 0.142 e. The van der Waals surface area contributed by atoms with E-state index < -0.39 is 0 Å². The highest BCUT2D eigenvalue weighted by Crippen LogP contribution is 2.30. The molecule has 0 unspecified atom stereocenters. The van der Waals surface area contributed by atoms with Gasteiger partial charge in [0.1, 0.15) is 17.0 Å². The highest BCUT2D eigenvalue weighted by Gasteiger charge is 2.05. The number of aromatic nitrogens is 1. The van der Waals surface area contributed by atoms with Crippen LogP contribution in [0.25, 0.3) is 10.9 Å². The molecule has 0 spiro atoms. The summed E-state index contributed by atoms with van der Waals surface area (Å²) in [6, 6.07) is 7.11. The number of pyridine rings is 1. The van der Waals surface area contributed by atoms with Crippen molar-refractivity contribution in [3.05, 3.63) is 30.5 Å². The van der Waals surface area contributed by atoms with Crippen LogP contribution < -0.4 is 4.74 Å². The Hall–Kier alpha value is -1.77. The Morgan fingerprint density at radius 3 is 3.00 bits per heavy atom. The molecule has 3 heteroatoms. The van der Waals surface area contributed by atoms with E-state index in [-0.39, 0.29) is 5.75 Å². The molecule has 0 aliphatic heterocycles. The minimum Gasteiger partial charge on any atom is -0.506 e. The van der Waals surface area contributed by atoms with Crippen LogP contribution >= 0.6 is 0 Å². The van der Waals surface area contributed by atoms with Crippen LogP contribution in [0.3, 0.4) is 0 Å². The Kier molecular flexibility index (Phi) is 2.72. The van der Waals surface area contributed by atoms with Gasteiger partial charge in [0.05, 0.1) is 6.61 Å². The highest BCUT2D eigenvalue weighted by atomic mass is 16.5. The molecule has 15 heavy (non-hydrogen) atoms. The first-order chi connectivity index (χ1) is 7.33. The molecule has 1 aromatic carbocycles. The third kappa shape index (κ3) is 1.86. The van der Waals surface area contributed by atoms with Gasteiger partial charge >= 0.3 is 0 Å². The number of hydrogen-bond donors (Lipinski definition) is 1. The SMILES string of the molecule is CCCOc1ccc(O)c2ncccc12. The maximum absolute atomic E-state index is 9.60. The van der Waals surface area contributed by atoms with Crippen molar-refractivity contribution in [2.45, 2.75) is 13.3 Å². The monoisotopic (exact) mass is 203 g/mol. The summed E-state index contributed by atoms with van der Waals surface area (Å²) in [4.78, 5) is 4.12. The Balaban J connectivity index is 2.51. The third-order valence-corrected chi connectivity index (χ3v) is 2.17. The molecule has 78 valence electrons. The summed E-state index contributed by atoms with van der Waals surface area (Å²) in [5.74, 6) is 0.965. The van der Waals surface area contributed by atoms with E-state index in [1.807, 2.05) is 12.1 Å². The van der Waals surface area contributed by atoms with Crippen LogP contribution in [0.1, 0.15) is 13.3 Å². The largest absolute Gasteiger partial charge is 0.506 e. The van der Waals surface area contributed by atoms with Crippen molar-refractivity contribution in [1.29, 1.82) is 0 Å². The maximum atomic E-state index is 9.60. The van der Waals surface area contributed by atoms with E-state index in [1.54, 1.807) is 18.3 Å². The van der Waals surface area contributed by atoms with Crippen molar-refractivity contribution >= 4 is 10.9 Å². The van der Waals surface area contributed by atoms with Gasteiger partial charge in [-0.1, -0.05) is 6.92 Å². The van der Waals surface area contributed by atoms with Gasteiger partial charge in [-0.3, -0.25) is 4.98 Å². The number of benzene rings is 1. The number of aromatic hydroxyl groups is 1. The molecule has 0 radical (unpaired) electrons. The average molecular weight is 203 g/mol. The number of phenols is 1. The quantitative estimate of drug-likeness (QED) is 0.834. The average Bonchev–Trinajstić information content (AvgIpc) is 2.29. The lowest BCUT2D eigenvalue weighted by Gasteiger charge is -2.08. The molecule has 3 nitrogen and oxygen atoms in total. The van der Waals surface area contributed by atoms with E-state index in [2.05, 4.69) is 11.9 Å². The summed E-state index contributed by atoms with van der Waals surface area (Å²) >= 11 is 0. The van der Waals surface area contributed by atoms with Gasteiger partial charge in [0, 0.05) is 11.6 Å². The first-order valence-electron chi connectivity index (χ1n) is 5.02. The third-order valence-electron chi connectivity index (χ3n) is 2.17. The second-order valence-corrected chi connectivity index (χ2v) is 3.33. The molecule has 1 heterocycles. The van der Waals surface area contributed by atoms with Crippen molar-refractivity contribution < 1.29 is 9.84 Å². The van der Waals surface area contributed by atoms with Crippen LogP contribution in [0.2, 0.25) is 0 Å². The molecule has 0 atom stereocenters. The molecule has 0 bridgehead atoms. The minimum atomic E-state index is 0.189. The molecular weight excluding hydrogens is 190 g/mol. The van der Waals surface area contributed by atoms with Gasteiger partial charge in [-0.2, -0.15) is 0 Å². The second-order valence-electron chi connectivity index (χ2n) is 3.33. The number of nitrogens with zero attached hydrogens (tertiary/aromatic N) is 1. The van der Waals surface area contributed by atoms with Crippen molar-refractivity contribution in [3.8, 4) is 11.5 Å². The molecule has 0 aliphatic rings. The molecule has 1 N–H and O–H groups in total. The molecule has 2 aromatic rings. The fraction of sp³-hybridized carbons (Fsp3) is 0.250. The summed E-state index contributed by atoms with van der Waals surface area (Å²) in [5.41, 5.74) is 0.589. The van der Waals surface area contributed by atoms with Crippen LogP contribution in [0.5, 0.6) is 11.5 Å². The van der Waals surface area contributed by atoms with Crippen LogP contribution in [0.4, 0.5) is 0 Å². The number of rotatable bonds is 3. The zero-order chi connectivity index (χ0) is 10.7. The van der Waals surface area contributed by atoms with Crippen LogP contribution in [0.15, 0.2) is 30.5 Å². The molecule has 0 saturated carbocycles. The van der Waals surface area contributed by atoms with Gasteiger partial charge in [-0.05, 0) is 30.7 Å². The predicted octanol–water partition coefficient (Wildman–Crippen LogP) is 2.73. The molecule has 0 aliphatic carbocycles. The summed E-state index contributed by atoms with van der Waals surface area (Å²) in [5, 5.41) is 10.5. The summed E-state index contributed by atoms with van der Waals surface area (Å²) in [7, 11) is 0.